The summed E-state index contributed by atoms with van der Waals surface area (Å²) in [7, 11) is 0. The molecule has 0 N–H and O–H groups in total. The minimum absolute atomic E-state index is 0.719. The van der Waals surface area contributed by atoms with E-state index in [2.05, 4.69) is 2.90 Å². The first-order chi connectivity index (χ1) is 2.41. The van der Waals surface area contributed by atoms with Crippen LogP contribution in [-0.2, 0) is 41.0 Å². The molecule has 0 radical (unpaired) electrons. The van der Waals surface area contributed by atoms with E-state index < -0.39 is 30.4 Å². The average Bonchev–Trinajstić information content (AvgIpc) is 1.41. The quantitative estimate of drug-likeness (QED) is 0.524. The predicted molar refractivity (Wildman–Crippen MR) is 2.46 cm³/mol. The Kier molecular flexibility index (Phi) is 5.15. The molecule has 0 aromatic carbocycles. The van der Waals surface area contributed by atoms with E-state index in [1.54, 1.807) is 0 Å². The van der Waals surface area contributed by atoms with Crippen LogP contribution >= 0.6 is 0 Å². The molecule has 0 spiro atoms. The molecule has 0 fully saturated rings. The summed E-state index contributed by atoms with van der Waals surface area (Å²) in [6.07, 6.45) is 0. The Bertz CT molecular complexity index is 34.2. The molecule has 34 valence electrons. The van der Waals surface area contributed by atoms with Crippen LogP contribution in [0.1, 0.15) is 0 Å². The zero-order valence-electron chi connectivity index (χ0n) is 1.93. The molecule has 0 saturated carbocycles. The summed E-state index contributed by atoms with van der Waals surface area (Å²) >= 11 is -1.44. The van der Waals surface area contributed by atoms with E-state index in [9.17, 15) is 0 Å². The van der Waals surface area contributed by atoms with Crippen molar-refractivity contribution in [2.75, 3.05) is 0 Å². The third-order valence-corrected chi connectivity index (χ3v) is 0.708. The third-order valence-electron chi connectivity index (χ3n) is 0.0417. The van der Waals surface area contributed by atoms with Crippen molar-refractivity contribution in [3.05, 3.63) is 0 Å². The van der Waals surface area contributed by atoms with E-state index in [0.717, 1.165) is 0 Å². The Balaban J connectivity index is 2.65. The molecular weight excluding hydrogens is 163 g/mol. The van der Waals surface area contributed by atoms with E-state index in [1.165, 1.54) is 0 Å². The van der Waals surface area contributed by atoms with Crippen LogP contribution in [0, 0.1) is 0 Å². The Morgan fingerprint density at radius 2 is 1.60 bits per heavy atom. The summed E-state index contributed by atoms with van der Waals surface area (Å²) in [4.78, 5) is 0. The molecule has 0 bridgehead atoms. The average molecular weight is 163 g/mol. The van der Waals surface area contributed by atoms with Gasteiger partial charge >= 0.3 is 41.0 Å². The summed E-state index contributed by atoms with van der Waals surface area (Å²) < 4.78 is 21.9. The van der Waals surface area contributed by atoms with Gasteiger partial charge in [-0.15, -0.1) is 0 Å². The Morgan fingerprint density at radius 3 is 1.60 bits per heavy atom. The molecule has 0 rings (SSSR count). The van der Waals surface area contributed by atoms with Crippen LogP contribution in [0.25, 0.3) is 0 Å². The molecule has 0 unspecified atom stereocenters. The van der Waals surface area contributed by atoms with Crippen LogP contribution in [0.5, 0.6) is 0 Å². The zero-order valence-corrected chi connectivity index (χ0v) is 4.14. The van der Waals surface area contributed by atoms with Crippen LogP contribution in [0.3, 0.4) is 0 Å². The summed E-state index contributed by atoms with van der Waals surface area (Å²) in [6, 6.07) is 0. The number of rotatable bonds is 2. The van der Waals surface area contributed by atoms with Crippen LogP contribution in [0.4, 0.5) is 0 Å². The fourth-order valence-corrected chi connectivity index (χ4v) is 0.145. The molecule has 3 nitrogen and oxygen atoms in total. The van der Waals surface area contributed by atoms with Crippen molar-refractivity contribution in [2.45, 2.75) is 0 Å². The van der Waals surface area contributed by atoms with Gasteiger partial charge in [0.05, 0.1) is 0 Å². The third kappa shape index (κ3) is 4.60. The standard InChI is InChI=1S/2Fe.3O/i;;3*1+1. The Morgan fingerprint density at radius 1 is 1.20 bits per heavy atom. The van der Waals surface area contributed by atoms with E-state index in [4.69, 9.17) is 7.67 Å². The van der Waals surface area contributed by atoms with Crippen molar-refractivity contribution in [2.24, 2.45) is 0 Å². The van der Waals surface area contributed by atoms with Crippen molar-refractivity contribution in [1.29, 1.82) is 0 Å². The molecule has 0 aliphatic rings. The van der Waals surface area contributed by atoms with Gasteiger partial charge in [0, 0.05) is 0 Å². The predicted octanol–water partition coefficient (Wildman–Crippen LogP) is -0.311. The molecule has 5 heavy (non-hydrogen) atoms. The maximum absolute atomic E-state index is 9.11. The first kappa shape index (κ1) is 5.60. The minimum atomic E-state index is -0.719. The van der Waals surface area contributed by atoms with Gasteiger partial charge < -0.3 is 0 Å². The van der Waals surface area contributed by atoms with Gasteiger partial charge in [-0.1, -0.05) is 0 Å². The molecule has 0 aromatic heterocycles. The van der Waals surface area contributed by atoms with Crippen molar-refractivity contribution in [1.82, 2.24) is 0 Å². The first-order valence-electron chi connectivity index (χ1n) is 0.577. The van der Waals surface area contributed by atoms with E-state index >= 15 is 0 Å². The number of hydrogen-bond donors (Lipinski definition) is 0. The molecule has 0 aliphatic carbocycles. The second-order valence-electron chi connectivity index (χ2n) is 0.169. The number of hydrogen-bond acceptors (Lipinski definition) is 3. The summed E-state index contributed by atoms with van der Waals surface area (Å²) in [5.74, 6) is 0. The van der Waals surface area contributed by atoms with Crippen LogP contribution < -0.4 is 0 Å². The molecule has 0 heterocycles. The van der Waals surface area contributed by atoms with Gasteiger partial charge in [-0.25, -0.2) is 0 Å². The molecule has 0 saturated heterocycles. The Hall–Kier alpha value is 0.599. The molecule has 5 heteroatoms. The van der Waals surface area contributed by atoms with E-state index in [1.807, 2.05) is 0 Å². The fraction of sp³-hybridized carbons (Fsp3) is 0. The van der Waals surface area contributed by atoms with Crippen molar-refractivity contribution in [3.8, 4) is 0 Å². The normalized spacial score (nSPS) is 8.00. The van der Waals surface area contributed by atoms with Gasteiger partial charge in [-0.3, -0.25) is 0 Å². The molecule has 0 aliphatic heterocycles. The molecule has 0 aromatic rings. The van der Waals surface area contributed by atoms with Gasteiger partial charge in [0.15, 0.2) is 0 Å². The maximum atomic E-state index is 9.11. The molecule has 0 amide bonds. The Labute approximate surface area is 41.4 Å². The van der Waals surface area contributed by atoms with E-state index in [-0.39, 0.29) is 0 Å². The van der Waals surface area contributed by atoms with Crippen molar-refractivity contribution in [3.63, 3.8) is 0 Å². The molecule has 0 atom stereocenters. The van der Waals surface area contributed by atoms with Gasteiger partial charge in [0.2, 0.25) is 0 Å². The summed E-state index contributed by atoms with van der Waals surface area (Å²) in [5.41, 5.74) is 0. The SMILES string of the molecule is [17O]=[Fe][17O][Fe]=[17O]. The second-order valence-corrected chi connectivity index (χ2v) is 1.35. The second kappa shape index (κ2) is 4.60. The van der Waals surface area contributed by atoms with E-state index in [0.29, 0.717) is 0 Å². The monoisotopic (exact) mass is 163 g/mol. The first-order valence-corrected chi connectivity index (χ1v) is 2.38. The summed E-state index contributed by atoms with van der Waals surface area (Å²) in [5, 5.41) is 0. The van der Waals surface area contributed by atoms with Crippen molar-refractivity contribution >= 4 is 0 Å². The topological polar surface area (TPSA) is 43.4 Å². The fourth-order valence-electron chi connectivity index (χ4n) is 0.00851. The van der Waals surface area contributed by atoms with Gasteiger partial charge in [-0.05, 0) is 0 Å². The van der Waals surface area contributed by atoms with Gasteiger partial charge in [-0.2, -0.15) is 0 Å². The van der Waals surface area contributed by atoms with Crippen LogP contribution in [-0.4, -0.2) is 0 Å². The summed E-state index contributed by atoms with van der Waals surface area (Å²) in [6.45, 7) is 0. The van der Waals surface area contributed by atoms with Gasteiger partial charge in [0.25, 0.3) is 0 Å². The zero-order chi connectivity index (χ0) is 4.12. The molecular formula is Fe2O3. The van der Waals surface area contributed by atoms with Crippen LogP contribution in [0.2, 0.25) is 0 Å². The van der Waals surface area contributed by atoms with Crippen LogP contribution in [0.15, 0.2) is 0 Å². The van der Waals surface area contributed by atoms with Crippen molar-refractivity contribution < 1.29 is 41.0 Å². The van der Waals surface area contributed by atoms with Gasteiger partial charge in [0.1, 0.15) is 0 Å².